The fraction of sp³-hybridized carbons (Fsp3) is 0.231. The Balaban J connectivity index is 2.70. The van der Waals surface area contributed by atoms with E-state index in [0.717, 1.165) is 13.2 Å². The molecule has 2 rings (SSSR count). The van der Waals surface area contributed by atoms with E-state index in [0.29, 0.717) is 0 Å². The minimum atomic E-state index is -5.04. The fourth-order valence-electron chi connectivity index (χ4n) is 1.71. The van der Waals surface area contributed by atoms with Gasteiger partial charge in [-0.25, -0.2) is 9.78 Å². The van der Waals surface area contributed by atoms with Gasteiger partial charge >= 0.3 is 12.3 Å². The SMILES string of the molecule is [2H]Cc1[nH]c(-c2ccc(Cl)nc2OC(F)(F)F)c(C(=O)OC)c1[2H]. The van der Waals surface area contributed by atoms with Gasteiger partial charge in [-0.2, -0.15) is 0 Å². The third-order valence-electron chi connectivity index (χ3n) is 2.50. The maximum Gasteiger partial charge on any atom is 0.574 e. The molecule has 0 unspecified atom stereocenters. The molecule has 0 saturated heterocycles. The van der Waals surface area contributed by atoms with Crippen LogP contribution in [0.5, 0.6) is 5.88 Å². The van der Waals surface area contributed by atoms with Gasteiger partial charge in [0.1, 0.15) is 5.15 Å². The Labute approximate surface area is 130 Å². The van der Waals surface area contributed by atoms with Crippen LogP contribution in [-0.4, -0.2) is 29.4 Å². The highest BCUT2D eigenvalue weighted by Crippen LogP contribution is 2.35. The molecule has 0 aliphatic heterocycles. The van der Waals surface area contributed by atoms with Crippen molar-refractivity contribution in [1.82, 2.24) is 9.97 Å². The first-order chi connectivity index (χ1) is 11.2. The van der Waals surface area contributed by atoms with Crippen molar-refractivity contribution in [3.63, 3.8) is 0 Å². The second kappa shape index (κ2) is 5.88. The summed E-state index contributed by atoms with van der Waals surface area (Å²) in [6.07, 6.45) is -5.04. The number of aromatic nitrogens is 2. The molecule has 0 spiro atoms. The first-order valence-corrected chi connectivity index (χ1v) is 6.07. The zero-order chi connectivity index (χ0) is 18.1. The van der Waals surface area contributed by atoms with Crippen molar-refractivity contribution in [3.8, 4) is 17.1 Å². The van der Waals surface area contributed by atoms with Crippen LogP contribution >= 0.6 is 11.6 Å². The monoisotopic (exact) mass is 336 g/mol. The molecule has 0 amide bonds. The Hall–Kier alpha value is -2.22. The quantitative estimate of drug-likeness (QED) is 0.685. The van der Waals surface area contributed by atoms with E-state index in [1.165, 1.54) is 6.07 Å². The number of H-pyrrole nitrogens is 1. The van der Waals surface area contributed by atoms with E-state index in [9.17, 15) is 18.0 Å². The number of esters is 1. The number of ether oxygens (including phenoxy) is 2. The number of carbonyl (C=O) groups excluding carboxylic acids is 1. The predicted octanol–water partition coefficient (Wildman–Crippen LogP) is 3.72. The smallest absolute Gasteiger partial charge is 0.465 e. The van der Waals surface area contributed by atoms with E-state index in [4.69, 9.17) is 14.3 Å². The molecule has 2 heterocycles. The van der Waals surface area contributed by atoms with Crippen LogP contribution in [0.4, 0.5) is 13.2 Å². The van der Waals surface area contributed by atoms with Gasteiger partial charge < -0.3 is 14.5 Å². The lowest BCUT2D eigenvalue weighted by atomic mass is 10.1. The Morgan fingerprint density at radius 3 is 2.82 bits per heavy atom. The molecule has 0 saturated carbocycles. The molecule has 0 radical (unpaired) electrons. The summed E-state index contributed by atoms with van der Waals surface area (Å²) in [6.45, 7) is -0.390. The van der Waals surface area contributed by atoms with Crippen molar-refractivity contribution in [2.75, 3.05) is 7.11 Å². The van der Waals surface area contributed by atoms with Crippen LogP contribution in [0.25, 0.3) is 11.3 Å². The van der Waals surface area contributed by atoms with E-state index in [1.807, 2.05) is 0 Å². The number of carbonyl (C=O) groups is 1. The van der Waals surface area contributed by atoms with Crippen molar-refractivity contribution in [3.05, 3.63) is 34.6 Å². The molecule has 118 valence electrons. The minimum Gasteiger partial charge on any atom is -0.465 e. The number of halogens is 4. The van der Waals surface area contributed by atoms with Gasteiger partial charge in [-0.1, -0.05) is 11.6 Å². The average molecular weight is 337 g/mol. The molecule has 2 aromatic rings. The maximum absolute atomic E-state index is 12.6. The minimum absolute atomic E-state index is 0.0262. The molecule has 2 aromatic heterocycles. The lowest BCUT2D eigenvalue weighted by molar-refractivity contribution is -0.275. The molecule has 0 fully saturated rings. The number of hydrogen-bond acceptors (Lipinski definition) is 4. The second-order valence-electron chi connectivity index (χ2n) is 4.00. The molecule has 0 bridgehead atoms. The first kappa shape index (κ1) is 13.4. The van der Waals surface area contributed by atoms with Crippen molar-refractivity contribution < 1.29 is 30.2 Å². The zero-order valence-corrected chi connectivity index (χ0v) is 11.8. The average Bonchev–Trinajstić information content (AvgIpc) is 2.81. The molecule has 9 heteroatoms. The van der Waals surface area contributed by atoms with E-state index in [-0.39, 0.29) is 40.6 Å². The summed E-state index contributed by atoms with van der Waals surface area (Å²) in [5.74, 6) is -1.84. The van der Waals surface area contributed by atoms with Crippen LogP contribution in [0.1, 0.15) is 18.8 Å². The molecule has 0 aliphatic rings. The molecule has 0 atom stereocenters. The standard InChI is InChI=1S/C13H10ClF3N2O3/c1-6-5-8(12(20)21-2)10(18-6)7-3-4-9(14)19-11(7)22-13(15,16)17/h3-5,18H,1-2H3/i1D,5D. The zero-order valence-electron chi connectivity index (χ0n) is 13.0. The number of methoxy groups -OCH3 is 1. The molecule has 22 heavy (non-hydrogen) atoms. The highest BCUT2D eigenvalue weighted by molar-refractivity contribution is 6.29. The fourth-order valence-corrected chi connectivity index (χ4v) is 1.85. The number of rotatable bonds is 3. The Kier molecular flexibility index (Phi) is 3.59. The summed E-state index contributed by atoms with van der Waals surface area (Å²) >= 11 is 5.60. The number of pyridine rings is 1. The second-order valence-corrected chi connectivity index (χ2v) is 4.39. The maximum atomic E-state index is 12.6. The molecule has 5 nitrogen and oxygen atoms in total. The Morgan fingerprint density at radius 2 is 2.23 bits per heavy atom. The highest BCUT2D eigenvalue weighted by Gasteiger charge is 2.34. The van der Waals surface area contributed by atoms with Gasteiger partial charge in [-0.3, -0.25) is 0 Å². The first-order valence-electron chi connectivity index (χ1n) is 6.90. The van der Waals surface area contributed by atoms with Gasteiger partial charge in [0.15, 0.2) is 0 Å². The van der Waals surface area contributed by atoms with Crippen LogP contribution in [-0.2, 0) is 4.74 Å². The Bertz CT molecular complexity index is 781. The lowest BCUT2D eigenvalue weighted by Gasteiger charge is -2.12. The van der Waals surface area contributed by atoms with Crippen molar-refractivity contribution in [1.29, 1.82) is 0 Å². The molecular formula is C13H10ClF3N2O3. The molecule has 1 N–H and O–H groups in total. The van der Waals surface area contributed by atoms with Gasteiger partial charge in [0.25, 0.3) is 0 Å². The summed E-state index contributed by atoms with van der Waals surface area (Å²) in [7, 11) is 1.06. The largest absolute Gasteiger partial charge is 0.574 e. The normalized spacial score (nSPS) is 12.6. The van der Waals surface area contributed by atoms with Crippen molar-refractivity contribution in [2.45, 2.75) is 13.3 Å². The van der Waals surface area contributed by atoms with E-state index in [1.54, 1.807) is 0 Å². The Morgan fingerprint density at radius 1 is 1.50 bits per heavy atom. The van der Waals surface area contributed by atoms with E-state index >= 15 is 0 Å². The number of nitrogens with zero attached hydrogens (tertiary/aromatic N) is 1. The molecule has 0 aliphatic carbocycles. The number of alkyl halides is 3. The summed E-state index contributed by atoms with van der Waals surface area (Å²) in [4.78, 5) is 17.9. The van der Waals surface area contributed by atoms with Crippen molar-refractivity contribution >= 4 is 17.6 Å². The van der Waals surface area contributed by atoms with Crippen molar-refractivity contribution in [2.24, 2.45) is 0 Å². The topological polar surface area (TPSA) is 64.2 Å². The van der Waals surface area contributed by atoms with Crippen LogP contribution in [0.15, 0.2) is 18.2 Å². The number of hydrogen-bond donors (Lipinski definition) is 1. The van der Waals surface area contributed by atoms with Crippen LogP contribution in [0, 0.1) is 6.90 Å². The number of aryl methyl sites for hydroxylation is 1. The van der Waals surface area contributed by atoms with Crippen LogP contribution < -0.4 is 4.74 Å². The van der Waals surface area contributed by atoms with E-state index < -0.39 is 18.2 Å². The summed E-state index contributed by atoms with van der Waals surface area (Å²) in [6, 6.07) is 2.01. The van der Waals surface area contributed by atoms with Gasteiger partial charge in [0.05, 0.1) is 25.3 Å². The third-order valence-corrected chi connectivity index (χ3v) is 2.71. The third kappa shape index (κ3) is 3.51. The summed E-state index contributed by atoms with van der Waals surface area (Å²) in [5, 5.41) is -0.254. The summed E-state index contributed by atoms with van der Waals surface area (Å²) < 4.78 is 61.3. The van der Waals surface area contributed by atoms with Gasteiger partial charge in [0.2, 0.25) is 5.88 Å². The van der Waals surface area contributed by atoms with Gasteiger partial charge in [0, 0.05) is 7.06 Å². The number of nitrogens with one attached hydrogen (secondary N) is 1. The summed E-state index contributed by atoms with van der Waals surface area (Å²) in [5.41, 5.74) is -0.711. The lowest BCUT2D eigenvalue weighted by Crippen LogP contribution is -2.18. The number of aromatic amines is 1. The highest BCUT2D eigenvalue weighted by atomic mass is 35.5. The molecule has 0 aromatic carbocycles. The van der Waals surface area contributed by atoms with E-state index in [2.05, 4.69) is 19.4 Å². The van der Waals surface area contributed by atoms with Gasteiger partial charge in [-0.15, -0.1) is 13.2 Å². The van der Waals surface area contributed by atoms with Crippen LogP contribution in [0.2, 0.25) is 5.15 Å². The predicted molar refractivity (Wildman–Crippen MR) is 71.8 cm³/mol. The van der Waals surface area contributed by atoms with Crippen LogP contribution in [0.3, 0.4) is 0 Å². The molecular weight excluding hydrogens is 325 g/mol. The van der Waals surface area contributed by atoms with Gasteiger partial charge in [-0.05, 0) is 25.1 Å².